The molecular formula is C25H28FN3O6. The minimum Gasteiger partial charge on any atom is -0.507 e. The van der Waals surface area contributed by atoms with E-state index in [-0.39, 0.29) is 23.4 Å². The number of aromatic amines is 1. The average Bonchev–Trinajstić information content (AvgIpc) is 3.29. The topological polar surface area (TPSA) is 112 Å². The van der Waals surface area contributed by atoms with Gasteiger partial charge >= 0.3 is 5.97 Å². The van der Waals surface area contributed by atoms with Crippen LogP contribution >= 0.6 is 0 Å². The van der Waals surface area contributed by atoms with Crippen LogP contribution < -0.4 is 0 Å². The van der Waals surface area contributed by atoms with E-state index in [0.29, 0.717) is 49.7 Å². The van der Waals surface area contributed by atoms with E-state index in [1.807, 2.05) is 0 Å². The Bertz CT molecular complexity index is 1200. The molecule has 1 aromatic heterocycles. The lowest BCUT2D eigenvalue weighted by Gasteiger charge is -2.31. The summed E-state index contributed by atoms with van der Waals surface area (Å²) in [6.45, 7) is 6.52. The molecule has 1 atom stereocenters. The number of nitrogens with one attached hydrogen (secondary N) is 1. The molecule has 0 bridgehead atoms. The number of hydrogen-bond donors (Lipinski definition) is 2. The standard InChI is InChI=1S/C25H28FN3O6/c1-14-18(15(2)27-20(14)25(33)34-3)22(30)19-21(16-5-4-6-17(26)13-16)29(24(32)23(19)31)8-7-28-9-11-35-12-10-28/h4-6,13,21,27,30H,7-12H2,1-3H3/t21-/m1/s1. The van der Waals surface area contributed by atoms with E-state index < -0.39 is 35.3 Å². The Kier molecular flexibility index (Phi) is 7.04. The highest BCUT2D eigenvalue weighted by Gasteiger charge is 2.46. The molecule has 0 saturated carbocycles. The van der Waals surface area contributed by atoms with Crippen molar-refractivity contribution in [1.82, 2.24) is 14.8 Å². The second kappa shape index (κ2) is 10.0. The molecule has 3 heterocycles. The molecule has 0 spiro atoms. The van der Waals surface area contributed by atoms with Crippen LogP contribution in [0.1, 0.15) is 38.9 Å². The first-order chi connectivity index (χ1) is 16.7. The SMILES string of the molecule is COC(=O)c1[nH]c(C)c(C(O)=C2C(=O)C(=O)N(CCN3CCOCC3)[C@@H]2c2cccc(F)c2)c1C. The number of ether oxygens (including phenoxy) is 2. The molecule has 2 aliphatic heterocycles. The Morgan fingerprint density at radius 2 is 1.94 bits per heavy atom. The lowest BCUT2D eigenvalue weighted by atomic mass is 9.94. The number of aryl methyl sites for hydroxylation is 1. The lowest BCUT2D eigenvalue weighted by molar-refractivity contribution is -0.140. The highest BCUT2D eigenvalue weighted by atomic mass is 19.1. The normalized spacial score (nSPS) is 20.5. The molecule has 0 aliphatic carbocycles. The summed E-state index contributed by atoms with van der Waals surface area (Å²) < 4.78 is 24.3. The number of ketones is 1. The fourth-order valence-electron chi connectivity index (χ4n) is 4.75. The van der Waals surface area contributed by atoms with Crippen LogP contribution in [0.3, 0.4) is 0 Å². The number of likely N-dealkylation sites (tertiary alicyclic amines) is 1. The number of aliphatic hydroxyl groups excluding tert-OH is 1. The van der Waals surface area contributed by atoms with Gasteiger partial charge < -0.3 is 24.5 Å². The fourth-order valence-corrected chi connectivity index (χ4v) is 4.75. The van der Waals surface area contributed by atoms with Crippen molar-refractivity contribution < 1.29 is 33.4 Å². The maximum Gasteiger partial charge on any atom is 0.354 e. The molecule has 0 radical (unpaired) electrons. The number of carbonyl (C=O) groups excluding carboxylic acids is 3. The summed E-state index contributed by atoms with van der Waals surface area (Å²) >= 11 is 0. The van der Waals surface area contributed by atoms with E-state index in [0.717, 1.165) is 0 Å². The van der Waals surface area contributed by atoms with Crippen molar-refractivity contribution in [3.8, 4) is 0 Å². The molecule has 186 valence electrons. The zero-order valence-electron chi connectivity index (χ0n) is 19.9. The van der Waals surface area contributed by atoms with Crippen LogP contribution in [0.25, 0.3) is 5.76 Å². The molecule has 1 aromatic carbocycles. The van der Waals surface area contributed by atoms with Crippen LogP contribution in [-0.2, 0) is 19.1 Å². The Morgan fingerprint density at radius 1 is 1.23 bits per heavy atom. The third-order valence-electron chi connectivity index (χ3n) is 6.53. The first-order valence-electron chi connectivity index (χ1n) is 11.4. The summed E-state index contributed by atoms with van der Waals surface area (Å²) in [6.07, 6.45) is 0. The van der Waals surface area contributed by atoms with Gasteiger partial charge in [0.2, 0.25) is 0 Å². The number of esters is 1. The van der Waals surface area contributed by atoms with Crippen molar-refractivity contribution in [3.05, 3.63) is 63.7 Å². The minimum absolute atomic E-state index is 0.135. The summed E-state index contributed by atoms with van der Waals surface area (Å²) in [6, 6.07) is 4.65. The van der Waals surface area contributed by atoms with Crippen molar-refractivity contribution in [3.63, 3.8) is 0 Å². The zero-order valence-corrected chi connectivity index (χ0v) is 19.9. The number of morpholine rings is 1. The van der Waals surface area contributed by atoms with Crippen molar-refractivity contribution in [2.75, 3.05) is 46.5 Å². The second-order valence-electron chi connectivity index (χ2n) is 8.62. The number of nitrogens with zero attached hydrogens (tertiary/aromatic N) is 2. The fraction of sp³-hybridized carbons (Fsp3) is 0.400. The van der Waals surface area contributed by atoms with E-state index in [1.165, 1.54) is 30.2 Å². The molecule has 2 N–H and O–H groups in total. The van der Waals surface area contributed by atoms with Crippen LogP contribution in [0.4, 0.5) is 4.39 Å². The summed E-state index contributed by atoms with van der Waals surface area (Å²) in [5.74, 6) is -3.21. The van der Waals surface area contributed by atoms with Crippen LogP contribution in [0.2, 0.25) is 0 Å². The van der Waals surface area contributed by atoms with Gasteiger partial charge in [0.15, 0.2) is 0 Å². The number of carbonyl (C=O) groups is 3. The van der Waals surface area contributed by atoms with E-state index in [9.17, 15) is 23.9 Å². The Morgan fingerprint density at radius 3 is 2.60 bits per heavy atom. The van der Waals surface area contributed by atoms with Gasteiger partial charge in [0, 0.05) is 37.4 Å². The van der Waals surface area contributed by atoms with Crippen LogP contribution in [-0.4, -0.2) is 84.1 Å². The second-order valence-corrected chi connectivity index (χ2v) is 8.62. The van der Waals surface area contributed by atoms with E-state index >= 15 is 0 Å². The highest BCUT2D eigenvalue weighted by molar-refractivity contribution is 6.46. The average molecular weight is 486 g/mol. The molecule has 1 amide bonds. The Labute approximate surface area is 202 Å². The van der Waals surface area contributed by atoms with Crippen molar-refractivity contribution in [1.29, 1.82) is 0 Å². The number of amides is 1. The predicted molar refractivity (Wildman–Crippen MR) is 124 cm³/mol. The van der Waals surface area contributed by atoms with Gasteiger partial charge in [-0.05, 0) is 37.1 Å². The number of hydrogen-bond acceptors (Lipinski definition) is 7. The first-order valence-corrected chi connectivity index (χ1v) is 11.4. The molecule has 2 aliphatic rings. The van der Waals surface area contributed by atoms with Crippen LogP contribution in [0.5, 0.6) is 0 Å². The van der Waals surface area contributed by atoms with E-state index in [1.54, 1.807) is 19.9 Å². The molecule has 35 heavy (non-hydrogen) atoms. The maximum atomic E-state index is 14.2. The van der Waals surface area contributed by atoms with Crippen molar-refractivity contribution in [2.45, 2.75) is 19.9 Å². The molecule has 2 fully saturated rings. The van der Waals surface area contributed by atoms with Crippen molar-refractivity contribution in [2.24, 2.45) is 0 Å². The van der Waals surface area contributed by atoms with E-state index in [2.05, 4.69) is 9.88 Å². The third kappa shape index (κ3) is 4.59. The predicted octanol–water partition coefficient (Wildman–Crippen LogP) is 2.31. The Hall–Kier alpha value is -3.50. The van der Waals surface area contributed by atoms with Gasteiger partial charge in [0.25, 0.3) is 11.7 Å². The number of aliphatic hydroxyl groups is 1. The first kappa shape index (κ1) is 24.6. The minimum atomic E-state index is -0.984. The number of rotatable bonds is 6. The monoisotopic (exact) mass is 485 g/mol. The van der Waals surface area contributed by atoms with Gasteiger partial charge in [0.1, 0.15) is 17.3 Å². The van der Waals surface area contributed by atoms with Crippen LogP contribution in [0, 0.1) is 19.7 Å². The molecule has 0 unspecified atom stereocenters. The summed E-state index contributed by atoms with van der Waals surface area (Å²) in [7, 11) is 1.24. The van der Waals surface area contributed by atoms with Gasteiger partial charge in [-0.25, -0.2) is 9.18 Å². The zero-order chi connectivity index (χ0) is 25.3. The smallest absolute Gasteiger partial charge is 0.354 e. The van der Waals surface area contributed by atoms with Gasteiger partial charge in [-0.15, -0.1) is 0 Å². The molecule has 2 saturated heterocycles. The maximum absolute atomic E-state index is 14.2. The number of aromatic nitrogens is 1. The number of methoxy groups -OCH3 is 1. The molecule has 2 aromatic rings. The summed E-state index contributed by atoms with van der Waals surface area (Å²) in [5, 5.41) is 11.4. The van der Waals surface area contributed by atoms with Crippen LogP contribution in [0.15, 0.2) is 29.8 Å². The summed E-state index contributed by atoms with van der Waals surface area (Å²) in [5.41, 5.74) is 1.40. The lowest BCUT2D eigenvalue weighted by Crippen LogP contribution is -2.42. The largest absolute Gasteiger partial charge is 0.507 e. The van der Waals surface area contributed by atoms with Gasteiger partial charge in [-0.2, -0.15) is 0 Å². The molecular weight excluding hydrogens is 457 g/mol. The number of halogens is 1. The quantitative estimate of drug-likeness (QED) is 0.280. The van der Waals surface area contributed by atoms with Gasteiger partial charge in [-0.1, -0.05) is 12.1 Å². The van der Waals surface area contributed by atoms with Gasteiger partial charge in [0.05, 0.1) is 31.9 Å². The third-order valence-corrected chi connectivity index (χ3v) is 6.53. The summed E-state index contributed by atoms with van der Waals surface area (Å²) in [4.78, 5) is 44.9. The molecule has 9 nitrogen and oxygen atoms in total. The Balaban J connectivity index is 1.80. The molecule has 4 rings (SSSR count). The van der Waals surface area contributed by atoms with Gasteiger partial charge in [-0.3, -0.25) is 14.5 Å². The molecule has 10 heteroatoms. The number of benzene rings is 1. The number of H-pyrrole nitrogens is 1. The van der Waals surface area contributed by atoms with Crippen molar-refractivity contribution >= 4 is 23.4 Å². The number of Topliss-reactive ketones (excluding diaryl/α,β-unsaturated/α-hetero) is 1. The highest BCUT2D eigenvalue weighted by Crippen LogP contribution is 2.41. The van der Waals surface area contributed by atoms with E-state index in [4.69, 9.17) is 9.47 Å².